The van der Waals surface area contributed by atoms with Crippen molar-refractivity contribution in [1.82, 2.24) is 5.32 Å². The minimum atomic E-state index is 0.634. The number of nitrogens with one attached hydrogen (secondary N) is 1. The zero-order valence-electron chi connectivity index (χ0n) is 10.2. The fourth-order valence-electron chi connectivity index (χ4n) is 2.41. The predicted molar refractivity (Wildman–Crippen MR) is 67.7 cm³/mol. The van der Waals surface area contributed by atoms with Gasteiger partial charge in [0.1, 0.15) is 12.0 Å². The second-order valence-corrected chi connectivity index (χ2v) is 4.60. The number of hydrogen-bond donors (Lipinski definition) is 1. The Kier molecular flexibility index (Phi) is 4.15. The standard InChI is InChI=1S/C14H19NO2/c1-17-14-5-4-12(10-16)13(8-14)7-11-3-2-6-15-9-11/h4-5,8,10-11,15H,2-3,6-7,9H2,1H3. The van der Waals surface area contributed by atoms with Crippen molar-refractivity contribution in [2.75, 3.05) is 20.2 Å². The number of ether oxygens (including phenoxy) is 1. The maximum atomic E-state index is 11.0. The Hall–Kier alpha value is -1.35. The zero-order chi connectivity index (χ0) is 12.1. The molecule has 2 rings (SSSR count). The maximum absolute atomic E-state index is 11.0. The van der Waals surface area contributed by atoms with Gasteiger partial charge in [-0.1, -0.05) is 0 Å². The molecule has 1 aromatic carbocycles. The Morgan fingerprint density at radius 2 is 2.41 bits per heavy atom. The first-order chi connectivity index (χ1) is 8.33. The number of rotatable bonds is 4. The highest BCUT2D eigenvalue weighted by Gasteiger charge is 2.15. The monoisotopic (exact) mass is 233 g/mol. The van der Waals surface area contributed by atoms with E-state index in [1.54, 1.807) is 7.11 Å². The summed E-state index contributed by atoms with van der Waals surface area (Å²) >= 11 is 0. The van der Waals surface area contributed by atoms with Crippen molar-refractivity contribution in [1.29, 1.82) is 0 Å². The van der Waals surface area contributed by atoms with Crippen molar-refractivity contribution in [3.05, 3.63) is 29.3 Å². The second-order valence-electron chi connectivity index (χ2n) is 4.60. The van der Waals surface area contributed by atoms with Crippen LogP contribution in [0.2, 0.25) is 0 Å². The van der Waals surface area contributed by atoms with E-state index in [2.05, 4.69) is 5.32 Å². The summed E-state index contributed by atoms with van der Waals surface area (Å²) in [5.74, 6) is 1.46. The SMILES string of the molecule is COc1ccc(C=O)c(CC2CCCNC2)c1. The van der Waals surface area contributed by atoms with E-state index in [9.17, 15) is 4.79 Å². The smallest absolute Gasteiger partial charge is 0.150 e. The third kappa shape index (κ3) is 3.07. The van der Waals surface area contributed by atoms with E-state index in [0.717, 1.165) is 42.7 Å². The number of hydrogen-bond acceptors (Lipinski definition) is 3. The Morgan fingerprint density at radius 1 is 1.53 bits per heavy atom. The van der Waals surface area contributed by atoms with Crippen molar-refractivity contribution in [2.45, 2.75) is 19.3 Å². The molecular weight excluding hydrogens is 214 g/mol. The van der Waals surface area contributed by atoms with Gasteiger partial charge in [-0.05, 0) is 62.0 Å². The quantitative estimate of drug-likeness (QED) is 0.809. The maximum Gasteiger partial charge on any atom is 0.150 e. The van der Waals surface area contributed by atoms with E-state index in [1.807, 2.05) is 18.2 Å². The molecule has 1 fully saturated rings. The molecule has 3 heteroatoms. The molecule has 1 aliphatic heterocycles. The van der Waals surface area contributed by atoms with Crippen molar-refractivity contribution in [3.8, 4) is 5.75 Å². The number of benzene rings is 1. The molecule has 92 valence electrons. The van der Waals surface area contributed by atoms with E-state index < -0.39 is 0 Å². The van der Waals surface area contributed by atoms with Crippen molar-refractivity contribution < 1.29 is 9.53 Å². The molecule has 0 aliphatic carbocycles. The number of aldehydes is 1. The fourth-order valence-corrected chi connectivity index (χ4v) is 2.41. The van der Waals surface area contributed by atoms with Crippen LogP contribution in [-0.2, 0) is 6.42 Å². The van der Waals surface area contributed by atoms with E-state index in [1.165, 1.54) is 12.8 Å². The number of carbonyl (C=O) groups excluding carboxylic acids is 1. The lowest BCUT2D eigenvalue weighted by molar-refractivity contribution is 0.112. The summed E-state index contributed by atoms with van der Waals surface area (Å²) in [6.07, 6.45) is 4.36. The van der Waals surface area contributed by atoms with Crippen molar-refractivity contribution in [3.63, 3.8) is 0 Å². The molecule has 1 aliphatic rings. The van der Waals surface area contributed by atoms with Gasteiger partial charge in [-0.15, -0.1) is 0 Å². The summed E-state index contributed by atoms with van der Waals surface area (Å²) in [4.78, 5) is 11.0. The van der Waals surface area contributed by atoms with Gasteiger partial charge < -0.3 is 10.1 Å². The molecule has 1 aromatic rings. The summed E-state index contributed by atoms with van der Waals surface area (Å²) in [6.45, 7) is 2.17. The highest BCUT2D eigenvalue weighted by atomic mass is 16.5. The molecule has 1 saturated heterocycles. The Morgan fingerprint density at radius 3 is 3.06 bits per heavy atom. The zero-order valence-corrected chi connectivity index (χ0v) is 10.2. The molecule has 1 heterocycles. The molecule has 1 unspecified atom stereocenters. The molecule has 0 radical (unpaired) electrons. The van der Waals surface area contributed by atoms with Crippen LogP contribution in [0.1, 0.15) is 28.8 Å². The normalized spacial score (nSPS) is 19.9. The van der Waals surface area contributed by atoms with Crippen LogP contribution < -0.4 is 10.1 Å². The molecule has 0 amide bonds. The van der Waals surface area contributed by atoms with Crippen LogP contribution in [0.4, 0.5) is 0 Å². The molecule has 1 atom stereocenters. The topological polar surface area (TPSA) is 38.3 Å². The molecule has 1 N–H and O–H groups in total. The van der Waals surface area contributed by atoms with Crippen LogP contribution in [0.15, 0.2) is 18.2 Å². The largest absolute Gasteiger partial charge is 0.497 e. The summed E-state index contributed by atoms with van der Waals surface area (Å²) in [6, 6.07) is 5.67. The van der Waals surface area contributed by atoms with Gasteiger partial charge in [0, 0.05) is 5.56 Å². The summed E-state index contributed by atoms with van der Waals surface area (Å²) in [5.41, 5.74) is 1.89. The molecular formula is C14H19NO2. The molecule has 0 aromatic heterocycles. The van der Waals surface area contributed by atoms with Crippen LogP contribution in [0.3, 0.4) is 0 Å². The average Bonchev–Trinajstić information content (AvgIpc) is 2.40. The van der Waals surface area contributed by atoms with Crippen LogP contribution >= 0.6 is 0 Å². The van der Waals surface area contributed by atoms with E-state index >= 15 is 0 Å². The average molecular weight is 233 g/mol. The highest BCUT2D eigenvalue weighted by Crippen LogP contribution is 2.22. The minimum Gasteiger partial charge on any atom is -0.497 e. The van der Waals surface area contributed by atoms with Crippen LogP contribution in [-0.4, -0.2) is 26.5 Å². The van der Waals surface area contributed by atoms with Gasteiger partial charge in [0.2, 0.25) is 0 Å². The van der Waals surface area contributed by atoms with Gasteiger partial charge in [-0.2, -0.15) is 0 Å². The number of carbonyl (C=O) groups is 1. The van der Waals surface area contributed by atoms with Gasteiger partial charge in [0.05, 0.1) is 7.11 Å². The summed E-state index contributed by atoms with van der Waals surface area (Å²) < 4.78 is 5.21. The first-order valence-corrected chi connectivity index (χ1v) is 6.16. The van der Waals surface area contributed by atoms with Gasteiger partial charge >= 0.3 is 0 Å². The lowest BCUT2D eigenvalue weighted by Gasteiger charge is -2.23. The van der Waals surface area contributed by atoms with Crippen LogP contribution in [0, 0.1) is 5.92 Å². The predicted octanol–water partition coefficient (Wildman–Crippen LogP) is 2.05. The highest BCUT2D eigenvalue weighted by molar-refractivity contribution is 5.77. The summed E-state index contributed by atoms with van der Waals surface area (Å²) in [7, 11) is 1.65. The molecule has 3 nitrogen and oxygen atoms in total. The number of piperidine rings is 1. The van der Waals surface area contributed by atoms with Gasteiger partial charge in [0.25, 0.3) is 0 Å². The van der Waals surface area contributed by atoms with Gasteiger partial charge in [-0.25, -0.2) is 0 Å². The van der Waals surface area contributed by atoms with Crippen LogP contribution in [0.5, 0.6) is 5.75 Å². The fraction of sp³-hybridized carbons (Fsp3) is 0.500. The first kappa shape index (κ1) is 12.1. The van der Waals surface area contributed by atoms with Crippen molar-refractivity contribution >= 4 is 6.29 Å². The Labute approximate surface area is 102 Å². The third-order valence-electron chi connectivity index (χ3n) is 3.38. The van der Waals surface area contributed by atoms with E-state index in [-0.39, 0.29) is 0 Å². The van der Waals surface area contributed by atoms with Crippen molar-refractivity contribution in [2.24, 2.45) is 5.92 Å². The lowest BCUT2D eigenvalue weighted by atomic mass is 9.90. The molecule has 17 heavy (non-hydrogen) atoms. The van der Waals surface area contributed by atoms with E-state index in [0.29, 0.717) is 5.92 Å². The Balaban J connectivity index is 2.14. The molecule has 0 spiro atoms. The molecule has 0 saturated carbocycles. The first-order valence-electron chi connectivity index (χ1n) is 6.16. The van der Waals surface area contributed by atoms with Crippen LogP contribution in [0.25, 0.3) is 0 Å². The van der Waals surface area contributed by atoms with E-state index in [4.69, 9.17) is 4.74 Å². The van der Waals surface area contributed by atoms with Gasteiger partial charge in [0.15, 0.2) is 0 Å². The third-order valence-corrected chi connectivity index (χ3v) is 3.38. The lowest BCUT2D eigenvalue weighted by Crippen LogP contribution is -2.31. The number of methoxy groups -OCH3 is 1. The Bertz CT molecular complexity index is 384. The summed E-state index contributed by atoms with van der Waals surface area (Å²) in [5, 5.41) is 3.40. The van der Waals surface area contributed by atoms with Gasteiger partial charge in [-0.3, -0.25) is 4.79 Å². The minimum absolute atomic E-state index is 0.634. The molecule has 0 bridgehead atoms. The second kappa shape index (κ2) is 5.82.